The second-order valence-electron chi connectivity index (χ2n) is 7.21. The SMILES string of the molecule is CCOC(=O)c1n[nH]nc1-c1cccc(OCCOc2ccc(OCc3ccccc3)cc2)c1. The van der Waals surface area contributed by atoms with E-state index < -0.39 is 5.97 Å². The Labute approximate surface area is 197 Å². The molecule has 4 aromatic rings. The van der Waals surface area contributed by atoms with Crippen LogP contribution in [0.4, 0.5) is 0 Å². The fourth-order valence-electron chi connectivity index (χ4n) is 3.20. The van der Waals surface area contributed by atoms with E-state index >= 15 is 0 Å². The largest absolute Gasteiger partial charge is 0.490 e. The average Bonchev–Trinajstić information content (AvgIpc) is 3.37. The maximum atomic E-state index is 12.1. The minimum atomic E-state index is -0.526. The van der Waals surface area contributed by atoms with Gasteiger partial charge in [0.05, 0.1) is 6.61 Å². The summed E-state index contributed by atoms with van der Waals surface area (Å²) in [6.07, 6.45) is 0. The number of aromatic nitrogens is 3. The van der Waals surface area contributed by atoms with Gasteiger partial charge in [0.15, 0.2) is 5.69 Å². The molecular formula is C26H25N3O5. The number of nitrogens with zero attached hydrogens (tertiary/aromatic N) is 2. The standard InChI is InChI=1S/C26H25N3O5/c1-2-31-26(30)25-24(27-29-28-25)20-9-6-10-23(17-20)33-16-15-32-21-11-13-22(14-12-21)34-18-19-7-4-3-5-8-19/h3-14,17H,2,15-16,18H2,1H3,(H,27,28,29). The van der Waals surface area contributed by atoms with Gasteiger partial charge >= 0.3 is 5.97 Å². The number of benzene rings is 3. The lowest BCUT2D eigenvalue weighted by atomic mass is 10.1. The minimum Gasteiger partial charge on any atom is -0.490 e. The molecule has 1 N–H and O–H groups in total. The Morgan fingerprint density at radius 3 is 2.24 bits per heavy atom. The molecule has 0 aliphatic rings. The van der Waals surface area contributed by atoms with E-state index in [2.05, 4.69) is 15.4 Å². The summed E-state index contributed by atoms with van der Waals surface area (Å²) < 4.78 is 22.4. The molecule has 0 unspecified atom stereocenters. The molecule has 8 heteroatoms. The number of esters is 1. The van der Waals surface area contributed by atoms with Crippen LogP contribution in [0.1, 0.15) is 23.0 Å². The van der Waals surface area contributed by atoms with Crippen LogP contribution < -0.4 is 14.2 Å². The lowest BCUT2D eigenvalue weighted by Crippen LogP contribution is -2.09. The topological polar surface area (TPSA) is 95.6 Å². The van der Waals surface area contributed by atoms with Crippen LogP contribution in [0.2, 0.25) is 0 Å². The molecule has 0 saturated carbocycles. The highest BCUT2D eigenvalue weighted by Gasteiger charge is 2.19. The third-order valence-corrected chi connectivity index (χ3v) is 4.82. The molecule has 4 rings (SSSR count). The predicted molar refractivity (Wildman–Crippen MR) is 126 cm³/mol. The number of aromatic amines is 1. The van der Waals surface area contributed by atoms with Crippen LogP contribution in [0, 0.1) is 0 Å². The van der Waals surface area contributed by atoms with E-state index in [1.165, 1.54) is 0 Å². The van der Waals surface area contributed by atoms with Crippen molar-refractivity contribution in [2.75, 3.05) is 19.8 Å². The fourth-order valence-corrected chi connectivity index (χ4v) is 3.20. The van der Waals surface area contributed by atoms with Crippen molar-refractivity contribution in [2.45, 2.75) is 13.5 Å². The molecule has 0 aliphatic heterocycles. The first-order valence-electron chi connectivity index (χ1n) is 10.9. The lowest BCUT2D eigenvalue weighted by Gasteiger charge is -2.10. The predicted octanol–water partition coefficient (Wildman–Crippen LogP) is 4.69. The Bertz CT molecular complexity index is 1190. The van der Waals surface area contributed by atoms with Crippen molar-refractivity contribution in [2.24, 2.45) is 0 Å². The highest BCUT2D eigenvalue weighted by atomic mass is 16.5. The first-order valence-corrected chi connectivity index (χ1v) is 10.9. The van der Waals surface area contributed by atoms with Crippen molar-refractivity contribution < 1.29 is 23.7 Å². The van der Waals surface area contributed by atoms with Gasteiger partial charge in [0.1, 0.15) is 42.8 Å². The molecule has 34 heavy (non-hydrogen) atoms. The number of hydrogen-bond donors (Lipinski definition) is 1. The molecular weight excluding hydrogens is 434 g/mol. The zero-order valence-electron chi connectivity index (χ0n) is 18.8. The minimum absolute atomic E-state index is 0.138. The number of hydrogen-bond acceptors (Lipinski definition) is 7. The summed E-state index contributed by atoms with van der Waals surface area (Å²) in [5.74, 6) is 1.61. The second-order valence-corrected chi connectivity index (χ2v) is 7.21. The third kappa shape index (κ3) is 6.13. The van der Waals surface area contributed by atoms with Gasteiger partial charge in [0.25, 0.3) is 0 Å². The maximum absolute atomic E-state index is 12.1. The van der Waals surface area contributed by atoms with Crippen LogP contribution in [-0.2, 0) is 11.3 Å². The number of H-pyrrole nitrogens is 1. The Morgan fingerprint density at radius 1 is 0.794 bits per heavy atom. The molecule has 1 aromatic heterocycles. The van der Waals surface area contributed by atoms with Gasteiger partial charge in [-0.15, -0.1) is 5.10 Å². The lowest BCUT2D eigenvalue weighted by molar-refractivity contribution is 0.0520. The van der Waals surface area contributed by atoms with Gasteiger partial charge in [-0.25, -0.2) is 4.79 Å². The van der Waals surface area contributed by atoms with E-state index in [0.29, 0.717) is 36.8 Å². The number of carbonyl (C=O) groups is 1. The van der Waals surface area contributed by atoms with Crippen molar-refractivity contribution in [3.05, 3.63) is 90.1 Å². The second kappa shape index (κ2) is 11.5. The molecule has 0 saturated heterocycles. The van der Waals surface area contributed by atoms with Gasteiger partial charge < -0.3 is 18.9 Å². The molecule has 1 heterocycles. The smallest absolute Gasteiger partial charge is 0.361 e. The summed E-state index contributed by atoms with van der Waals surface area (Å²) >= 11 is 0. The molecule has 0 radical (unpaired) electrons. The van der Waals surface area contributed by atoms with E-state index in [-0.39, 0.29) is 12.3 Å². The summed E-state index contributed by atoms with van der Waals surface area (Å²) in [5.41, 5.74) is 2.36. The molecule has 174 valence electrons. The Morgan fingerprint density at radius 2 is 1.50 bits per heavy atom. The molecule has 0 spiro atoms. The average molecular weight is 460 g/mol. The van der Waals surface area contributed by atoms with Gasteiger partial charge in [-0.1, -0.05) is 42.5 Å². The van der Waals surface area contributed by atoms with Crippen LogP contribution in [0.25, 0.3) is 11.3 Å². The summed E-state index contributed by atoms with van der Waals surface area (Å²) in [5, 5.41) is 10.5. The molecule has 3 aromatic carbocycles. The summed E-state index contributed by atoms with van der Waals surface area (Å²) in [4.78, 5) is 12.1. The van der Waals surface area contributed by atoms with E-state index in [0.717, 1.165) is 17.1 Å². The zero-order chi connectivity index (χ0) is 23.6. The molecule has 8 nitrogen and oxygen atoms in total. The first kappa shape index (κ1) is 22.8. The number of carbonyl (C=O) groups excluding carboxylic acids is 1. The van der Waals surface area contributed by atoms with Crippen molar-refractivity contribution >= 4 is 5.97 Å². The van der Waals surface area contributed by atoms with Crippen molar-refractivity contribution in [1.29, 1.82) is 0 Å². The summed E-state index contributed by atoms with van der Waals surface area (Å²) in [6, 6.07) is 24.8. The van der Waals surface area contributed by atoms with Gasteiger partial charge in [-0.05, 0) is 48.9 Å². The monoisotopic (exact) mass is 459 g/mol. The van der Waals surface area contributed by atoms with Crippen molar-refractivity contribution in [3.8, 4) is 28.5 Å². The van der Waals surface area contributed by atoms with Crippen LogP contribution in [0.5, 0.6) is 17.2 Å². The van der Waals surface area contributed by atoms with Crippen LogP contribution in [0.15, 0.2) is 78.9 Å². The molecule has 0 bridgehead atoms. The number of rotatable bonds is 11. The normalized spacial score (nSPS) is 10.5. The zero-order valence-corrected chi connectivity index (χ0v) is 18.8. The molecule has 0 amide bonds. The number of nitrogens with one attached hydrogen (secondary N) is 1. The highest BCUT2D eigenvalue weighted by Crippen LogP contribution is 2.25. The van der Waals surface area contributed by atoms with Crippen LogP contribution >= 0.6 is 0 Å². The molecule has 0 fully saturated rings. The molecule has 0 aliphatic carbocycles. The Kier molecular flexibility index (Phi) is 7.74. The van der Waals surface area contributed by atoms with E-state index in [4.69, 9.17) is 18.9 Å². The van der Waals surface area contributed by atoms with E-state index in [1.807, 2.05) is 72.8 Å². The third-order valence-electron chi connectivity index (χ3n) is 4.82. The Balaban J connectivity index is 1.25. The summed E-state index contributed by atoms with van der Waals surface area (Å²) in [7, 11) is 0. The van der Waals surface area contributed by atoms with Gasteiger partial charge in [0.2, 0.25) is 0 Å². The van der Waals surface area contributed by atoms with Gasteiger partial charge in [-0.3, -0.25) is 0 Å². The van der Waals surface area contributed by atoms with Gasteiger partial charge in [0, 0.05) is 5.56 Å². The maximum Gasteiger partial charge on any atom is 0.361 e. The first-order chi connectivity index (χ1) is 16.7. The number of ether oxygens (including phenoxy) is 4. The van der Waals surface area contributed by atoms with Crippen molar-refractivity contribution in [1.82, 2.24) is 15.4 Å². The van der Waals surface area contributed by atoms with Crippen LogP contribution in [0.3, 0.4) is 0 Å². The van der Waals surface area contributed by atoms with Gasteiger partial charge in [-0.2, -0.15) is 10.3 Å². The fraction of sp³-hybridized carbons (Fsp3) is 0.192. The summed E-state index contributed by atoms with van der Waals surface area (Å²) in [6.45, 7) is 3.23. The highest BCUT2D eigenvalue weighted by molar-refractivity contribution is 5.93. The quantitative estimate of drug-likeness (QED) is 0.257. The van der Waals surface area contributed by atoms with E-state index in [1.54, 1.807) is 13.0 Å². The van der Waals surface area contributed by atoms with Crippen molar-refractivity contribution in [3.63, 3.8) is 0 Å². The van der Waals surface area contributed by atoms with Crippen LogP contribution in [-0.4, -0.2) is 41.2 Å². The van der Waals surface area contributed by atoms with E-state index in [9.17, 15) is 4.79 Å². The molecule has 0 atom stereocenters. The Hall–Kier alpha value is -4.33.